The minimum Gasteiger partial charge on any atom is -0.213 e. The van der Waals surface area contributed by atoms with E-state index < -0.39 is 9.05 Å². The summed E-state index contributed by atoms with van der Waals surface area (Å²) in [4.78, 5) is 0. The fraction of sp³-hybridized carbons (Fsp3) is 0.333. The normalized spacial score (nSPS) is 10.2. The van der Waals surface area contributed by atoms with E-state index in [-0.39, 0.29) is 0 Å². The number of hydrogen-bond donors (Lipinski definition) is 0. The quantitative estimate of drug-likeness (QED) is 0.630. The van der Waals surface area contributed by atoms with Gasteiger partial charge in [0.1, 0.15) is 0 Å². The van der Waals surface area contributed by atoms with Crippen molar-refractivity contribution >= 4 is 19.7 Å². The highest BCUT2D eigenvalue weighted by Gasteiger charge is 1.84. The summed E-state index contributed by atoms with van der Waals surface area (Å²) in [7, 11) is 1.31. The van der Waals surface area contributed by atoms with E-state index in [9.17, 15) is 8.42 Å². The van der Waals surface area contributed by atoms with Crippen LogP contribution in [0.4, 0.5) is 0 Å². The van der Waals surface area contributed by atoms with E-state index in [2.05, 4.69) is 48.8 Å². The van der Waals surface area contributed by atoms with Crippen LogP contribution in [0.2, 0.25) is 0 Å². The number of halogens is 1. The van der Waals surface area contributed by atoms with Crippen LogP contribution in [-0.2, 0) is 9.05 Å². The van der Waals surface area contributed by atoms with Gasteiger partial charge >= 0.3 is 0 Å². The predicted octanol–water partition coefficient (Wildman–Crippen LogP) is 2.49. The summed E-state index contributed by atoms with van der Waals surface area (Å²) < 4.78 is 18.8. The molecule has 74 valence electrons. The first-order valence-corrected chi connectivity index (χ1v) is 6.44. The Labute approximate surface area is 84.0 Å². The zero-order valence-corrected chi connectivity index (χ0v) is 9.48. The maximum atomic E-state index is 9.40. The van der Waals surface area contributed by atoms with Crippen molar-refractivity contribution in [1.29, 1.82) is 0 Å². The predicted molar refractivity (Wildman–Crippen MR) is 56.6 cm³/mol. The molecule has 0 heterocycles. The largest absolute Gasteiger partial charge is 0.229 e. The molecule has 0 radical (unpaired) electrons. The lowest BCUT2D eigenvalue weighted by Crippen LogP contribution is -1.76. The van der Waals surface area contributed by atoms with Crippen molar-refractivity contribution in [1.82, 2.24) is 0 Å². The molecule has 0 amide bonds. The Morgan fingerprint density at radius 3 is 1.46 bits per heavy atom. The first kappa shape index (κ1) is 12.5. The molecule has 0 saturated carbocycles. The van der Waals surface area contributed by atoms with Crippen LogP contribution in [0, 0.1) is 13.8 Å². The van der Waals surface area contributed by atoms with E-state index in [1.165, 1.54) is 11.1 Å². The lowest BCUT2D eigenvalue weighted by Gasteiger charge is -1.93. The molecular formula is C9H13ClO2S. The van der Waals surface area contributed by atoms with Gasteiger partial charge in [-0.05, 0) is 25.0 Å². The Morgan fingerprint density at radius 1 is 1.08 bits per heavy atom. The van der Waals surface area contributed by atoms with Crippen molar-refractivity contribution in [2.45, 2.75) is 13.8 Å². The molecule has 0 aromatic heterocycles. The van der Waals surface area contributed by atoms with Gasteiger partial charge < -0.3 is 0 Å². The topological polar surface area (TPSA) is 34.1 Å². The molecular weight excluding hydrogens is 208 g/mol. The Hall–Kier alpha value is -0.540. The zero-order valence-electron chi connectivity index (χ0n) is 7.91. The van der Waals surface area contributed by atoms with Crippen molar-refractivity contribution < 1.29 is 8.42 Å². The van der Waals surface area contributed by atoms with Crippen LogP contribution in [0.1, 0.15) is 11.1 Å². The maximum Gasteiger partial charge on any atom is 0.229 e. The molecule has 2 nitrogen and oxygen atoms in total. The second-order valence-corrected chi connectivity index (χ2v) is 5.81. The highest BCUT2D eigenvalue weighted by molar-refractivity contribution is 8.13. The van der Waals surface area contributed by atoms with Gasteiger partial charge in [0.05, 0.1) is 6.26 Å². The van der Waals surface area contributed by atoms with Crippen molar-refractivity contribution in [3.05, 3.63) is 35.4 Å². The smallest absolute Gasteiger partial charge is 0.213 e. The van der Waals surface area contributed by atoms with Gasteiger partial charge in [0.15, 0.2) is 0 Å². The molecule has 0 saturated heterocycles. The number of rotatable bonds is 0. The van der Waals surface area contributed by atoms with E-state index in [0.29, 0.717) is 0 Å². The zero-order chi connectivity index (χ0) is 10.5. The monoisotopic (exact) mass is 220 g/mol. The van der Waals surface area contributed by atoms with Crippen LogP contribution < -0.4 is 0 Å². The molecule has 0 aliphatic carbocycles. The van der Waals surface area contributed by atoms with E-state index in [0.717, 1.165) is 6.26 Å². The molecule has 0 atom stereocenters. The standard InChI is InChI=1S/C8H10.CH3ClO2S/c1-7-5-3-4-6-8(7)2;1-5(2,3)4/h3-6H,1-2H3;1H3. The third-order valence-corrected chi connectivity index (χ3v) is 1.43. The summed E-state index contributed by atoms with van der Waals surface area (Å²) >= 11 is 0. The Morgan fingerprint density at radius 2 is 1.31 bits per heavy atom. The molecule has 0 fully saturated rings. The maximum absolute atomic E-state index is 9.40. The summed E-state index contributed by atoms with van der Waals surface area (Å²) in [5, 5.41) is 0. The van der Waals surface area contributed by atoms with Gasteiger partial charge in [0.25, 0.3) is 0 Å². The average Bonchev–Trinajstić information content (AvgIpc) is 1.92. The molecule has 0 bridgehead atoms. The van der Waals surface area contributed by atoms with E-state index >= 15 is 0 Å². The van der Waals surface area contributed by atoms with E-state index in [1.807, 2.05) is 0 Å². The van der Waals surface area contributed by atoms with Gasteiger partial charge in [-0.3, -0.25) is 0 Å². The van der Waals surface area contributed by atoms with Crippen molar-refractivity contribution in [3.63, 3.8) is 0 Å². The summed E-state index contributed by atoms with van der Waals surface area (Å²) in [5.74, 6) is 0. The minimum atomic E-state index is -3.19. The second-order valence-electron chi connectivity index (χ2n) is 2.77. The summed E-state index contributed by atoms with van der Waals surface area (Å²) in [5.41, 5.74) is 2.74. The molecule has 1 aromatic carbocycles. The molecule has 1 rings (SSSR count). The molecule has 0 aliphatic heterocycles. The van der Waals surface area contributed by atoms with E-state index in [1.54, 1.807) is 0 Å². The van der Waals surface area contributed by atoms with Crippen LogP contribution in [0.3, 0.4) is 0 Å². The van der Waals surface area contributed by atoms with Gasteiger partial charge in [-0.1, -0.05) is 24.3 Å². The third kappa shape index (κ3) is 9.37. The molecule has 0 spiro atoms. The number of benzene rings is 1. The first-order valence-electron chi connectivity index (χ1n) is 3.72. The van der Waals surface area contributed by atoms with Crippen LogP contribution in [-0.4, -0.2) is 14.7 Å². The van der Waals surface area contributed by atoms with Gasteiger partial charge in [-0.15, -0.1) is 0 Å². The van der Waals surface area contributed by atoms with Crippen LogP contribution in [0.5, 0.6) is 0 Å². The Balaban J connectivity index is 0.000000252. The Bertz CT molecular complexity index is 329. The van der Waals surface area contributed by atoms with Crippen LogP contribution in [0.25, 0.3) is 0 Å². The molecule has 0 N–H and O–H groups in total. The van der Waals surface area contributed by atoms with Gasteiger partial charge in [0.2, 0.25) is 9.05 Å². The van der Waals surface area contributed by atoms with E-state index in [4.69, 9.17) is 0 Å². The number of hydrogen-bond acceptors (Lipinski definition) is 2. The summed E-state index contributed by atoms with van der Waals surface area (Å²) in [6, 6.07) is 8.36. The highest BCUT2D eigenvalue weighted by atomic mass is 35.7. The van der Waals surface area contributed by atoms with Crippen molar-refractivity contribution in [2.24, 2.45) is 0 Å². The molecule has 0 unspecified atom stereocenters. The fourth-order valence-corrected chi connectivity index (χ4v) is 0.663. The highest BCUT2D eigenvalue weighted by Crippen LogP contribution is 2.02. The Kier molecular flexibility index (Phi) is 5.03. The molecule has 4 heteroatoms. The van der Waals surface area contributed by atoms with Gasteiger partial charge in [0, 0.05) is 10.7 Å². The van der Waals surface area contributed by atoms with Crippen LogP contribution in [0.15, 0.2) is 24.3 Å². The van der Waals surface area contributed by atoms with Gasteiger partial charge in [-0.25, -0.2) is 8.42 Å². The SMILES string of the molecule is CS(=O)(=O)Cl.Cc1ccccc1C. The first-order chi connectivity index (χ1) is 5.80. The lowest BCUT2D eigenvalue weighted by atomic mass is 10.1. The van der Waals surface area contributed by atoms with Crippen LogP contribution >= 0.6 is 10.7 Å². The third-order valence-electron chi connectivity index (χ3n) is 1.43. The number of aryl methyl sites for hydroxylation is 2. The lowest BCUT2D eigenvalue weighted by molar-refractivity contribution is 0.615. The van der Waals surface area contributed by atoms with Crippen molar-refractivity contribution in [3.8, 4) is 0 Å². The molecule has 13 heavy (non-hydrogen) atoms. The summed E-state index contributed by atoms with van der Waals surface area (Å²) in [6.07, 6.45) is 0.925. The summed E-state index contributed by atoms with van der Waals surface area (Å²) in [6.45, 7) is 4.24. The van der Waals surface area contributed by atoms with Crippen molar-refractivity contribution in [2.75, 3.05) is 6.26 Å². The molecule has 1 aromatic rings. The van der Waals surface area contributed by atoms with Gasteiger partial charge in [-0.2, -0.15) is 0 Å². The minimum absolute atomic E-state index is 0.925. The fourth-order valence-electron chi connectivity index (χ4n) is 0.663. The molecule has 0 aliphatic rings. The second kappa shape index (κ2) is 5.25. The average molecular weight is 221 g/mol.